The van der Waals surface area contributed by atoms with Gasteiger partial charge in [-0.15, -0.1) is 0 Å². The predicted octanol–water partition coefficient (Wildman–Crippen LogP) is 1.44. The largest absolute Gasteiger partial charge is 0.278 e. The molecule has 1 heterocycles. The first kappa shape index (κ1) is 7.39. The van der Waals surface area contributed by atoms with Crippen molar-refractivity contribution in [2.75, 3.05) is 0 Å². The van der Waals surface area contributed by atoms with E-state index in [0.29, 0.717) is 0 Å². The molecular weight excluding hydrogens is 162 g/mol. The lowest BCUT2D eigenvalue weighted by Crippen LogP contribution is -1.74. The summed E-state index contributed by atoms with van der Waals surface area (Å²) < 4.78 is 0. The fraction of sp³-hybridized carbons (Fsp3) is 0. The van der Waals surface area contributed by atoms with Gasteiger partial charge in [0.15, 0.2) is 6.07 Å². The van der Waals surface area contributed by atoms with Crippen LogP contribution in [0.4, 0.5) is 0 Å². The van der Waals surface area contributed by atoms with Gasteiger partial charge in [-0.2, -0.15) is 10.4 Å². The second kappa shape index (κ2) is 3.00. The van der Waals surface area contributed by atoms with Gasteiger partial charge < -0.3 is 0 Å². The summed E-state index contributed by atoms with van der Waals surface area (Å²) in [6.45, 7) is 0. The Labute approximate surface area is 75.0 Å². The topological polar surface area (TPSA) is 52.5 Å². The van der Waals surface area contributed by atoms with Gasteiger partial charge in [-0.25, -0.2) is 0 Å². The molecule has 1 N–H and O–H groups in total. The Bertz CT molecular complexity index is 534. The van der Waals surface area contributed by atoms with Crippen molar-refractivity contribution >= 4 is 10.9 Å². The highest BCUT2D eigenvalue weighted by atomic mass is 15.1. The van der Waals surface area contributed by atoms with E-state index in [1.54, 1.807) is 12.3 Å². The number of nitrogens with one attached hydrogen (secondary N) is 1. The number of aromatic amines is 1. The van der Waals surface area contributed by atoms with Gasteiger partial charge in [0, 0.05) is 16.9 Å². The van der Waals surface area contributed by atoms with Crippen molar-refractivity contribution in [2.24, 2.45) is 0 Å². The highest BCUT2D eigenvalue weighted by Crippen LogP contribution is 2.11. The number of fused-ring (bicyclic) bond motifs is 1. The number of aromatic nitrogens is 2. The third kappa shape index (κ3) is 1.36. The molecule has 0 aliphatic heterocycles. The third-order valence-electron chi connectivity index (χ3n) is 1.70. The average Bonchev–Trinajstić information content (AvgIpc) is 2.61. The fourth-order valence-corrected chi connectivity index (χ4v) is 1.11. The van der Waals surface area contributed by atoms with Crippen LogP contribution < -0.4 is 0 Å². The van der Waals surface area contributed by atoms with Crippen LogP contribution in [0.2, 0.25) is 0 Å². The summed E-state index contributed by atoms with van der Waals surface area (Å²) in [7, 11) is 0. The SMILES string of the molecule is N#CC#Cc1ccc2cn[nH]c2c1. The van der Waals surface area contributed by atoms with Gasteiger partial charge in [0.05, 0.1) is 11.7 Å². The van der Waals surface area contributed by atoms with Crippen LogP contribution in [-0.4, -0.2) is 10.2 Å². The van der Waals surface area contributed by atoms with Crippen molar-refractivity contribution in [3.8, 4) is 17.9 Å². The molecule has 3 heteroatoms. The standard InChI is InChI=1S/C10H5N3/c11-5-1-2-8-3-4-9-7-12-13-10(9)6-8/h3-4,6-7H,(H,12,13). The first-order chi connectivity index (χ1) is 6.40. The molecule has 0 atom stereocenters. The lowest BCUT2D eigenvalue weighted by Gasteiger charge is -1.89. The van der Waals surface area contributed by atoms with Gasteiger partial charge >= 0.3 is 0 Å². The maximum Gasteiger partial charge on any atom is 0.152 e. The Balaban J connectivity index is 2.56. The van der Waals surface area contributed by atoms with Gasteiger partial charge in [-0.05, 0) is 18.2 Å². The predicted molar refractivity (Wildman–Crippen MR) is 48.6 cm³/mol. The molecule has 0 bridgehead atoms. The summed E-state index contributed by atoms with van der Waals surface area (Å²) in [5.74, 6) is 5.06. The molecule has 1 aromatic heterocycles. The van der Waals surface area contributed by atoms with E-state index in [-0.39, 0.29) is 0 Å². The van der Waals surface area contributed by atoms with Crippen molar-refractivity contribution in [1.29, 1.82) is 5.26 Å². The lowest BCUT2D eigenvalue weighted by molar-refractivity contribution is 1.12. The van der Waals surface area contributed by atoms with Crippen molar-refractivity contribution in [3.63, 3.8) is 0 Å². The molecule has 60 valence electrons. The number of benzene rings is 1. The highest BCUT2D eigenvalue weighted by molar-refractivity contribution is 5.79. The Kier molecular flexibility index (Phi) is 1.71. The van der Waals surface area contributed by atoms with Crippen LogP contribution in [0.3, 0.4) is 0 Å². The molecule has 0 unspecified atom stereocenters. The van der Waals surface area contributed by atoms with Crippen molar-refractivity contribution in [2.45, 2.75) is 0 Å². The maximum atomic E-state index is 8.26. The van der Waals surface area contributed by atoms with Crippen LogP contribution >= 0.6 is 0 Å². The van der Waals surface area contributed by atoms with Gasteiger partial charge in [0.25, 0.3) is 0 Å². The van der Waals surface area contributed by atoms with Crippen molar-refractivity contribution in [3.05, 3.63) is 30.0 Å². The molecule has 1 aromatic carbocycles. The average molecular weight is 167 g/mol. The fourth-order valence-electron chi connectivity index (χ4n) is 1.11. The zero-order valence-electron chi connectivity index (χ0n) is 6.70. The Hall–Kier alpha value is -2.26. The lowest BCUT2D eigenvalue weighted by atomic mass is 10.2. The van der Waals surface area contributed by atoms with Crippen LogP contribution in [0.5, 0.6) is 0 Å². The van der Waals surface area contributed by atoms with E-state index in [1.165, 1.54) is 0 Å². The zero-order valence-corrected chi connectivity index (χ0v) is 6.70. The van der Waals surface area contributed by atoms with Gasteiger partial charge in [0.2, 0.25) is 0 Å². The van der Waals surface area contributed by atoms with Gasteiger partial charge in [-0.1, -0.05) is 5.92 Å². The van der Waals surface area contributed by atoms with E-state index < -0.39 is 0 Å². The summed E-state index contributed by atoms with van der Waals surface area (Å²) in [5, 5.41) is 16.0. The molecule has 0 spiro atoms. The molecule has 13 heavy (non-hydrogen) atoms. The van der Waals surface area contributed by atoms with Crippen LogP contribution in [0, 0.1) is 23.2 Å². The first-order valence-electron chi connectivity index (χ1n) is 3.73. The number of nitriles is 1. The summed E-state index contributed by atoms with van der Waals surface area (Å²) in [6.07, 6.45) is 1.75. The van der Waals surface area contributed by atoms with Crippen LogP contribution in [0.1, 0.15) is 5.56 Å². The van der Waals surface area contributed by atoms with E-state index in [0.717, 1.165) is 16.5 Å². The van der Waals surface area contributed by atoms with Crippen LogP contribution in [-0.2, 0) is 0 Å². The Morgan fingerprint density at radius 1 is 1.38 bits per heavy atom. The smallest absolute Gasteiger partial charge is 0.152 e. The molecule has 0 saturated heterocycles. The van der Waals surface area contributed by atoms with E-state index in [4.69, 9.17) is 5.26 Å². The molecule has 0 fully saturated rings. The minimum atomic E-state index is 0.818. The number of rotatable bonds is 0. The molecule has 2 rings (SSSR count). The van der Waals surface area contributed by atoms with Gasteiger partial charge in [-0.3, -0.25) is 5.10 Å². The molecule has 0 amide bonds. The first-order valence-corrected chi connectivity index (χ1v) is 3.73. The third-order valence-corrected chi connectivity index (χ3v) is 1.70. The van der Waals surface area contributed by atoms with Gasteiger partial charge in [0.1, 0.15) is 0 Å². The van der Waals surface area contributed by atoms with E-state index in [1.807, 2.05) is 18.2 Å². The van der Waals surface area contributed by atoms with E-state index in [9.17, 15) is 0 Å². The number of H-pyrrole nitrogens is 1. The Morgan fingerprint density at radius 2 is 2.31 bits per heavy atom. The quantitative estimate of drug-likeness (QED) is 0.603. The van der Waals surface area contributed by atoms with Crippen molar-refractivity contribution < 1.29 is 0 Å². The molecule has 3 nitrogen and oxygen atoms in total. The minimum absolute atomic E-state index is 0.818. The maximum absolute atomic E-state index is 8.26. The number of hydrogen-bond acceptors (Lipinski definition) is 2. The molecule has 2 aromatic rings. The van der Waals surface area contributed by atoms with E-state index >= 15 is 0 Å². The second-order valence-electron chi connectivity index (χ2n) is 2.53. The highest BCUT2D eigenvalue weighted by Gasteiger charge is 1.94. The monoisotopic (exact) mass is 167 g/mol. The van der Waals surface area contributed by atoms with Crippen LogP contribution in [0.25, 0.3) is 10.9 Å². The normalized spacial score (nSPS) is 8.85. The molecule has 0 aliphatic carbocycles. The molecule has 0 saturated carbocycles. The van der Waals surface area contributed by atoms with E-state index in [2.05, 4.69) is 22.0 Å². The minimum Gasteiger partial charge on any atom is -0.278 e. The molecule has 0 radical (unpaired) electrons. The molecule has 0 aliphatic rings. The number of hydrogen-bond donors (Lipinski definition) is 1. The van der Waals surface area contributed by atoms with Crippen LogP contribution in [0.15, 0.2) is 24.4 Å². The summed E-state index contributed by atoms with van der Waals surface area (Å²) in [6, 6.07) is 7.42. The Morgan fingerprint density at radius 3 is 3.15 bits per heavy atom. The second-order valence-corrected chi connectivity index (χ2v) is 2.53. The summed E-state index contributed by atoms with van der Waals surface area (Å²) in [4.78, 5) is 0. The molecular formula is C10H5N3. The summed E-state index contributed by atoms with van der Waals surface area (Å²) in [5.41, 5.74) is 1.75. The van der Waals surface area contributed by atoms with Crippen molar-refractivity contribution in [1.82, 2.24) is 10.2 Å². The number of nitrogens with zero attached hydrogens (tertiary/aromatic N) is 2. The summed E-state index contributed by atoms with van der Waals surface area (Å²) >= 11 is 0. The zero-order chi connectivity index (χ0) is 9.10.